The Balaban J connectivity index is 1.56. The topological polar surface area (TPSA) is 113 Å². The summed E-state index contributed by atoms with van der Waals surface area (Å²) in [6, 6.07) is 16.9. The van der Waals surface area contributed by atoms with Crippen molar-refractivity contribution in [3.63, 3.8) is 0 Å². The van der Waals surface area contributed by atoms with E-state index in [1.165, 1.54) is 48.5 Å². The normalized spacial score (nSPS) is 11.6. The van der Waals surface area contributed by atoms with Gasteiger partial charge in [0.25, 0.3) is 10.0 Å². The van der Waals surface area contributed by atoms with E-state index in [1.54, 1.807) is 12.1 Å². The summed E-state index contributed by atoms with van der Waals surface area (Å²) in [6.07, 6.45) is 1.27. The van der Waals surface area contributed by atoms with Crippen LogP contribution in [-0.4, -0.2) is 35.5 Å². The number of sulfonamides is 2. The molecule has 0 aliphatic rings. The molecule has 0 aromatic heterocycles. The van der Waals surface area contributed by atoms with Crippen molar-refractivity contribution in [3.8, 4) is 0 Å². The molecule has 8 nitrogen and oxygen atoms in total. The van der Waals surface area contributed by atoms with E-state index < -0.39 is 25.9 Å². The molecule has 2 N–H and O–H groups in total. The van der Waals surface area contributed by atoms with Crippen molar-refractivity contribution in [2.75, 3.05) is 27.1 Å². The lowest BCUT2D eigenvalue weighted by Gasteiger charge is -2.22. The minimum atomic E-state index is -3.83. The molecule has 0 spiro atoms. The van der Waals surface area contributed by atoms with Gasteiger partial charge in [0, 0.05) is 29.4 Å². The maximum absolute atomic E-state index is 13.2. The van der Waals surface area contributed by atoms with Gasteiger partial charge in [-0.3, -0.25) is 13.8 Å². The summed E-state index contributed by atoms with van der Waals surface area (Å²) in [5.74, 6) is -0.853. The highest BCUT2D eigenvalue weighted by molar-refractivity contribution is 7.92. The quantitative estimate of drug-likeness (QED) is 0.395. The van der Waals surface area contributed by atoms with Crippen LogP contribution in [0.25, 0.3) is 0 Å². The zero-order valence-corrected chi connectivity index (χ0v) is 21.0. The second kappa shape index (κ2) is 11.1. The first kappa shape index (κ1) is 26.5. The molecule has 3 rings (SSSR count). The number of carbonyl (C=O) groups excluding carboxylic acids is 1. The Morgan fingerprint density at radius 1 is 0.886 bits per heavy atom. The summed E-state index contributed by atoms with van der Waals surface area (Å²) in [6.45, 7) is 0.0332. The molecule has 0 aliphatic carbocycles. The van der Waals surface area contributed by atoms with Crippen molar-refractivity contribution < 1.29 is 26.0 Å². The van der Waals surface area contributed by atoms with Crippen LogP contribution in [-0.2, 0) is 24.8 Å². The number of nitrogens with zero attached hydrogens (tertiary/aromatic N) is 1. The van der Waals surface area contributed by atoms with Crippen LogP contribution in [0.3, 0.4) is 0 Å². The average Bonchev–Trinajstić information content (AvgIpc) is 2.78. The fourth-order valence-electron chi connectivity index (χ4n) is 3.15. The molecule has 0 radical (unpaired) electrons. The van der Waals surface area contributed by atoms with Crippen LogP contribution in [0.2, 0.25) is 5.02 Å². The number of anilines is 3. The molecule has 3 aromatic rings. The van der Waals surface area contributed by atoms with Gasteiger partial charge in [-0.05, 0) is 79.2 Å². The van der Waals surface area contributed by atoms with E-state index in [4.69, 9.17) is 11.6 Å². The van der Waals surface area contributed by atoms with Crippen molar-refractivity contribution in [2.45, 2.75) is 17.7 Å². The third-order valence-electron chi connectivity index (χ3n) is 4.82. The summed E-state index contributed by atoms with van der Waals surface area (Å²) in [5.41, 5.74) is 1.05. The number of nitrogens with one attached hydrogen (secondary N) is 2. The molecular weight excluding hydrogens is 517 g/mol. The molecule has 0 bridgehead atoms. The Bertz CT molecular complexity index is 1380. The maximum atomic E-state index is 13.2. The van der Waals surface area contributed by atoms with Gasteiger partial charge in [-0.2, -0.15) is 0 Å². The van der Waals surface area contributed by atoms with Gasteiger partial charge < -0.3 is 5.32 Å². The van der Waals surface area contributed by atoms with E-state index in [0.29, 0.717) is 22.1 Å². The van der Waals surface area contributed by atoms with E-state index >= 15 is 0 Å². The summed E-state index contributed by atoms with van der Waals surface area (Å²) >= 11 is 5.81. The zero-order valence-electron chi connectivity index (χ0n) is 18.6. The van der Waals surface area contributed by atoms with Gasteiger partial charge in [-0.1, -0.05) is 11.6 Å². The first-order chi connectivity index (χ1) is 16.4. The van der Waals surface area contributed by atoms with Crippen molar-refractivity contribution in [1.29, 1.82) is 0 Å². The molecule has 0 heterocycles. The van der Waals surface area contributed by atoms with E-state index in [1.807, 2.05) is 0 Å². The maximum Gasteiger partial charge on any atom is 0.261 e. The van der Waals surface area contributed by atoms with Crippen LogP contribution in [0.1, 0.15) is 12.8 Å². The van der Waals surface area contributed by atoms with Crippen molar-refractivity contribution in [2.24, 2.45) is 0 Å². The molecular formula is C23H23ClFN3O5S2. The highest BCUT2D eigenvalue weighted by Gasteiger charge is 2.18. The lowest BCUT2D eigenvalue weighted by Crippen LogP contribution is -2.31. The Labute approximate surface area is 208 Å². The van der Waals surface area contributed by atoms with Crippen LogP contribution in [0, 0.1) is 5.82 Å². The molecule has 0 saturated heterocycles. The largest absolute Gasteiger partial charge is 0.326 e. The Kier molecular flexibility index (Phi) is 8.36. The predicted molar refractivity (Wildman–Crippen MR) is 135 cm³/mol. The monoisotopic (exact) mass is 539 g/mol. The van der Waals surface area contributed by atoms with Crippen molar-refractivity contribution in [3.05, 3.63) is 83.6 Å². The molecule has 12 heteroatoms. The van der Waals surface area contributed by atoms with E-state index in [-0.39, 0.29) is 30.2 Å². The zero-order chi connectivity index (χ0) is 25.6. The molecule has 35 heavy (non-hydrogen) atoms. The molecule has 0 aliphatic heterocycles. The standard InChI is InChI=1S/C23H23ClFN3O5S2/c1-34(30,31)28(21-12-6-18(25)7-13-21)16-2-3-23(29)26-19-10-14-22(15-11-19)35(32,33)27-20-8-4-17(24)5-9-20/h4-15,27H,2-3,16H2,1H3,(H,26,29). The SMILES string of the molecule is CS(=O)(=O)N(CCCC(=O)Nc1ccc(S(=O)(=O)Nc2ccc(Cl)cc2)cc1)c1ccc(F)cc1. The van der Waals surface area contributed by atoms with Gasteiger partial charge in [0.1, 0.15) is 5.82 Å². The summed E-state index contributed by atoms with van der Waals surface area (Å²) in [5, 5.41) is 3.13. The number of benzene rings is 3. The van der Waals surface area contributed by atoms with Crippen molar-refractivity contribution >= 4 is 54.6 Å². The minimum absolute atomic E-state index is 0.00791. The van der Waals surface area contributed by atoms with Crippen LogP contribution in [0.15, 0.2) is 77.7 Å². The highest BCUT2D eigenvalue weighted by atomic mass is 35.5. The Morgan fingerprint density at radius 2 is 1.46 bits per heavy atom. The average molecular weight is 540 g/mol. The molecule has 1 amide bonds. The molecule has 0 fully saturated rings. The molecule has 186 valence electrons. The van der Waals surface area contributed by atoms with Gasteiger partial charge in [0.2, 0.25) is 15.9 Å². The van der Waals surface area contributed by atoms with Gasteiger partial charge in [0.15, 0.2) is 0 Å². The van der Waals surface area contributed by atoms with Crippen LogP contribution in [0.5, 0.6) is 0 Å². The minimum Gasteiger partial charge on any atom is -0.326 e. The molecule has 3 aromatic carbocycles. The predicted octanol–water partition coefficient (Wildman–Crippen LogP) is 4.46. The van der Waals surface area contributed by atoms with E-state index in [0.717, 1.165) is 22.7 Å². The van der Waals surface area contributed by atoms with Gasteiger partial charge in [-0.15, -0.1) is 0 Å². The van der Waals surface area contributed by atoms with E-state index in [9.17, 15) is 26.0 Å². The van der Waals surface area contributed by atoms with Gasteiger partial charge >= 0.3 is 0 Å². The van der Waals surface area contributed by atoms with Gasteiger partial charge in [-0.25, -0.2) is 21.2 Å². The summed E-state index contributed by atoms with van der Waals surface area (Å²) < 4.78 is 66.0. The van der Waals surface area contributed by atoms with Crippen LogP contribution < -0.4 is 14.3 Å². The second-order valence-electron chi connectivity index (χ2n) is 7.60. The molecule has 0 saturated carbocycles. The summed E-state index contributed by atoms with van der Waals surface area (Å²) in [4.78, 5) is 12.3. The first-order valence-corrected chi connectivity index (χ1v) is 14.1. The fourth-order valence-corrected chi connectivity index (χ4v) is 5.30. The first-order valence-electron chi connectivity index (χ1n) is 10.4. The third-order valence-corrected chi connectivity index (χ3v) is 7.67. The number of rotatable bonds is 10. The lowest BCUT2D eigenvalue weighted by molar-refractivity contribution is -0.116. The van der Waals surface area contributed by atoms with Crippen LogP contribution in [0.4, 0.5) is 21.5 Å². The number of carbonyl (C=O) groups is 1. The smallest absolute Gasteiger partial charge is 0.261 e. The Morgan fingerprint density at radius 3 is 2.03 bits per heavy atom. The van der Waals surface area contributed by atoms with E-state index in [2.05, 4.69) is 10.0 Å². The number of amides is 1. The summed E-state index contributed by atoms with van der Waals surface area (Å²) in [7, 11) is -7.45. The van der Waals surface area contributed by atoms with Gasteiger partial charge in [0.05, 0.1) is 16.8 Å². The lowest BCUT2D eigenvalue weighted by atomic mass is 10.2. The number of hydrogen-bond acceptors (Lipinski definition) is 5. The third kappa shape index (κ3) is 7.67. The number of halogens is 2. The Hall–Kier alpha value is -3.15. The number of hydrogen-bond donors (Lipinski definition) is 2. The molecule has 0 unspecified atom stereocenters. The van der Waals surface area contributed by atoms with Crippen molar-refractivity contribution in [1.82, 2.24) is 0 Å². The van der Waals surface area contributed by atoms with Crippen LogP contribution >= 0.6 is 11.6 Å². The second-order valence-corrected chi connectivity index (χ2v) is 11.6. The fraction of sp³-hybridized carbons (Fsp3) is 0.174. The highest BCUT2D eigenvalue weighted by Crippen LogP contribution is 2.21. The molecule has 0 atom stereocenters.